The Hall–Kier alpha value is 0.400. The summed E-state index contributed by atoms with van der Waals surface area (Å²) in [7, 11) is 0. The summed E-state index contributed by atoms with van der Waals surface area (Å²) < 4.78 is 2.53. The molecular weight excluding hydrogens is 189 g/mol. The quantitative estimate of drug-likeness (QED) is 0.256. The van der Waals surface area contributed by atoms with Gasteiger partial charge in [-0.1, -0.05) is 0 Å². The Balaban J connectivity index is 2.00. The zero-order valence-electron chi connectivity index (χ0n) is 3.52. The van der Waals surface area contributed by atoms with Gasteiger partial charge in [0.25, 0.3) is 0 Å². The number of alkyl halides is 2. The SMILES string of the molecule is C=NC[C@H]1C[I-]1. The number of hydrogen-bond acceptors (Lipinski definition) is 1. The molecule has 0 N–H and O–H groups in total. The summed E-state index contributed by atoms with van der Waals surface area (Å²) in [6.45, 7) is 4.46. The van der Waals surface area contributed by atoms with Gasteiger partial charge in [0.1, 0.15) is 0 Å². The van der Waals surface area contributed by atoms with Crippen LogP contribution in [0.3, 0.4) is 0 Å². The molecular formula is C4H7IN-. The predicted molar refractivity (Wildman–Crippen MR) is 23.1 cm³/mol. The molecule has 36 valence electrons. The molecule has 1 atom stereocenters. The first-order chi connectivity index (χ1) is 2.93. The van der Waals surface area contributed by atoms with Crippen molar-refractivity contribution in [3.05, 3.63) is 0 Å². The minimum absolute atomic E-state index is 0.634. The third kappa shape index (κ3) is 1.24. The average molecular weight is 196 g/mol. The van der Waals surface area contributed by atoms with Gasteiger partial charge in [0.05, 0.1) is 0 Å². The van der Waals surface area contributed by atoms with Crippen LogP contribution in [0.25, 0.3) is 0 Å². The van der Waals surface area contributed by atoms with Crippen molar-refractivity contribution in [1.82, 2.24) is 0 Å². The fraction of sp³-hybridized carbons (Fsp3) is 0.750. The van der Waals surface area contributed by atoms with Crippen molar-refractivity contribution in [2.24, 2.45) is 4.99 Å². The van der Waals surface area contributed by atoms with Crippen LogP contribution in [-0.2, 0) is 0 Å². The van der Waals surface area contributed by atoms with Crippen LogP contribution < -0.4 is 21.2 Å². The number of aliphatic imine (C=N–C) groups is 1. The Morgan fingerprint density at radius 3 is 2.83 bits per heavy atom. The molecule has 1 rings (SSSR count). The Kier molecular flexibility index (Phi) is 1.45. The van der Waals surface area contributed by atoms with Crippen LogP contribution in [0.5, 0.6) is 0 Å². The molecule has 0 aromatic heterocycles. The molecule has 1 nitrogen and oxygen atoms in total. The summed E-state index contributed by atoms with van der Waals surface area (Å²) in [4.78, 5) is 3.78. The molecule has 0 aliphatic carbocycles. The molecule has 0 aromatic carbocycles. The molecule has 1 fully saturated rings. The topological polar surface area (TPSA) is 12.4 Å². The number of nitrogens with zero attached hydrogens (tertiary/aromatic N) is 1. The number of hydrogen-bond donors (Lipinski definition) is 0. The van der Waals surface area contributed by atoms with E-state index in [2.05, 4.69) is 11.7 Å². The maximum absolute atomic E-state index is 3.78. The van der Waals surface area contributed by atoms with Crippen LogP contribution >= 0.6 is 0 Å². The van der Waals surface area contributed by atoms with Gasteiger partial charge in [0.2, 0.25) is 0 Å². The average Bonchev–Trinajstić information content (AvgIpc) is 2.21. The monoisotopic (exact) mass is 196 g/mol. The normalized spacial score (nSPS) is 31.0. The van der Waals surface area contributed by atoms with Crippen molar-refractivity contribution >= 4 is 6.72 Å². The summed E-state index contributed by atoms with van der Waals surface area (Å²) in [5.74, 6) is 0. The van der Waals surface area contributed by atoms with Gasteiger partial charge >= 0.3 is 47.8 Å². The second-order valence-electron chi connectivity index (χ2n) is 1.31. The Labute approximate surface area is 48.1 Å². The summed E-state index contributed by atoms with van der Waals surface area (Å²) >= 11 is 0.634. The molecule has 0 unspecified atom stereocenters. The van der Waals surface area contributed by atoms with E-state index in [0.717, 1.165) is 10.5 Å². The van der Waals surface area contributed by atoms with E-state index < -0.39 is 0 Å². The van der Waals surface area contributed by atoms with Crippen molar-refractivity contribution in [1.29, 1.82) is 0 Å². The van der Waals surface area contributed by atoms with Gasteiger partial charge in [-0.2, -0.15) is 0 Å². The van der Waals surface area contributed by atoms with E-state index in [1.54, 1.807) is 0 Å². The van der Waals surface area contributed by atoms with E-state index in [-0.39, 0.29) is 0 Å². The molecule has 1 aliphatic heterocycles. The molecule has 2 heteroatoms. The maximum atomic E-state index is 3.78. The molecule has 6 heavy (non-hydrogen) atoms. The molecule has 0 saturated carbocycles. The standard InChI is InChI=1S/C4H7IN/c1-6-3-4-2-5-4/h4H,1-3H2/q-1/t4-/m1/s1. The summed E-state index contributed by atoms with van der Waals surface area (Å²) in [5.41, 5.74) is 0. The number of rotatable bonds is 2. The zero-order valence-corrected chi connectivity index (χ0v) is 5.68. The Morgan fingerprint density at radius 2 is 2.67 bits per heavy atom. The Bertz CT molecular complexity index is 58.6. The van der Waals surface area contributed by atoms with Gasteiger partial charge in [0, 0.05) is 0 Å². The van der Waals surface area contributed by atoms with E-state index in [0.29, 0.717) is 21.2 Å². The summed E-state index contributed by atoms with van der Waals surface area (Å²) in [6, 6.07) is 0. The first-order valence-corrected chi connectivity index (χ1v) is 4.71. The fourth-order valence-corrected chi connectivity index (χ4v) is 1.50. The van der Waals surface area contributed by atoms with E-state index in [9.17, 15) is 0 Å². The zero-order chi connectivity index (χ0) is 4.41. The fourth-order valence-electron chi connectivity index (χ4n) is 0.301. The second kappa shape index (κ2) is 1.91. The van der Waals surface area contributed by atoms with E-state index in [4.69, 9.17) is 0 Å². The van der Waals surface area contributed by atoms with Crippen LogP contribution in [0.4, 0.5) is 0 Å². The van der Waals surface area contributed by atoms with Gasteiger partial charge in [-0.05, 0) is 0 Å². The molecule has 1 saturated heterocycles. The van der Waals surface area contributed by atoms with Crippen LogP contribution in [0.2, 0.25) is 0 Å². The van der Waals surface area contributed by atoms with Crippen molar-refractivity contribution < 1.29 is 21.2 Å². The summed E-state index contributed by atoms with van der Waals surface area (Å²) in [5, 5.41) is 0. The van der Waals surface area contributed by atoms with Crippen LogP contribution in [0.1, 0.15) is 0 Å². The molecule has 1 aliphatic rings. The van der Waals surface area contributed by atoms with Crippen LogP contribution in [-0.4, -0.2) is 21.6 Å². The third-order valence-electron chi connectivity index (χ3n) is 0.700. The van der Waals surface area contributed by atoms with E-state index in [1.807, 2.05) is 0 Å². The molecule has 1 heterocycles. The van der Waals surface area contributed by atoms with Gasteiger partial charge < -0.3 is 0 Å². The molecule has 0 aromatic rings. The van der Waals surface area contributed by atoms with Gasteiger partial charge in [-0.25, -0.2) is 0 Å². The molecule has 0 bridgehead atoms. The molecule has 0 radical (unpaired) electrons. The summed E-state index contributed by atoms with van der Waals surface area (Å²) in [6.07, 6.45) is 0. The third-order valence-corrected chi connectivity index (χ3v) is 3.22. The van der Waals surface area contributed by atoms with Crippen molar-refractivity contribution in [3.63, 3.8) is 0 Å². The van der Waals surface area contributed by atoms with Crippen molar-refractivity contribution in [2.75, 3.05) is 11.0 Å². The first-order valence-electron chi connectivity index (χ1n) is 1.93. The second-order valence-corrected chi connectivity index (χ2v) is 4.84. The minimum atomic E-state index is 0.634. The van der Waals surface area contributed by atoms with Gasteiger partial charge in [-0.15, -0.1) is 0 Å². The molecule has 0 spiro atoms. The van der Waals surface area contributed by atoms with Crippen molar-refractivity contribution in [2.45, 2.75) is 3.92 Å². The van der Waals surface area contributed by atoms with E-state index in [1.165, 1.54) is 4.43 Å². The van der Waals surface area contributed by atoms with E-state index >= 15 is 0 Å². The molecule has 0 amide bonds. The van der Waals surface area contributed by atoms with Crippen molar-refractivity contribution in [3.8, 4) is 0 Å². The predicted octanol–water partition coefficient (Wildman–Crippen LogP) is -2.84. The first kappa shape index (κ1) is 4.56. The Morgan fingerprint density at radius 1 is 2.00 bits per heavy atom. The van der Waals surface area contributed by atoms with Gasteiger partial charge in [0.15, 0.2) is 0 Å². The van der Waals surface area contributed by atoms with Gasteiger partial charge in [-0.3, -0.25) is 0 Å². The van der Waals surface area contributed by atoms with Crippen LogP contribution in [0.15, 0.2) is 4.99 Å². The van der Waals surface area contributed by atoms with Crippen LogP contribution in [0, 0.1) is 0 Å². The number of halogens is 1.